The van der Waals surface area contributed by atoms with Crippen molar-refractivity contribution in [3.63, 3.8) is 0 Å². The average Bonchev–Trinajstić information content (AvgIpc) is 2.83. The number of nitrogens with zero attached hydrogens (tertiary/aromatic N) is 1. The molecule has 6 heteroatoms. The van der Waals surface area contributed by atoms with E-state index >= 15 is 0 Å². The Balaban J connectivity index is 2.37. The minimum atomic E-state index is -3.51. The van der Waals surface area contributed by atoms with Gasteiger partial charge in [0.25, 0.3) is 0 Å². The van der Waals surface area contributed by atoms with E-state index in [1.807, 2.05) is 0 Å². The number of nitrogen functional groups attached to an aromatic ring is 1. The summed E-state index contributed by atoms with van der Waals surface area (Å²) >= 11 is 5.95. The van der Waals surface area contributed by atoms with E-state index in [0.717, 1.165) is 6.42 Å². The molecule has 0 bridgehead atoms. The highest BCUT2D eigenvalue weighted by atomic mass is 35.5. The molecule has 0 aliphatic carbocycles. The summed E-state index contributed by atoms with van der Waals surface area (Å²) in [6.07, 6.45) is 0.909. The van der Waals surface area contributed by atoms with Crippen molar-refractivity contribution in [2.45, 2.75) is 32.1 Å². The zero-order valence-corrected chi connectivity index (χ0v) is 13.6. The van der Waals surface area contributed by atoms with Crippen LogP contribution >= 0.6 is 11.6 Å². The van der Waals surface area contributed by atoms with Crippen LogP contribution in [-0.2, 0) is 10.0 Å². The van der Waals surface area contributed by atoms with Gasteiger partial charge in [-0.2, -0.15) is 4.31 Å². The van der Waals surface area contributed by atoms with Crippen LogP contribution in [0.2, 0.25) is 5.02 Å². The molecule has 20 heavy (non-hydrogen) atoms. The first-order valence-electron chi connectivity index (χ1n) is 6.79. The van der Waals surface area contributed by atoms with Gasteiger partial charge in [-0.1, -0.05) is 25.4 Å². The van der Waals surface area contributed by atoms with Crippen LogP contribution in [0.5, 0.6) is 0 Å². The van der Waals surface area contributed by atoms with E-state index in [9.17, 15) is 8.42 Å². The third-order valence-corrected chi connectivity index (χ3v) is 6.32. The maximum Gasteiger partial charge on any atom is 0.243 e. The molecule has 112 valence electrons. The van der Waals surface area contributed by atoms with Crippen LogP contribution in [-0.4, -0.2) is 25.8 Å². The Morgan fingerprint density at radius 1 is 1.40 bits per heavy atom. The van der Waals surface area contributed by atoms with Gasteiger partial charge in [0.15, 0.2) is 0 Å². The van der Waals surface area contributed by atoms with Crippen molar-refractivity contribution >= 4 is 27.3 Å². The zero-order valence-electron chi connectivity index (χ0n) is 12.1. The highest BCUT2D eigenvalue weighted by molar-refractivity contribution is 7.89. The molecule has 1 aliphatic rings. The van der Waals surface area contributed by atoms with Gasteiger partial charge in [-0.05, 0) is 42.9 Å². The van der Waals surface area contributed by atoms with E-state index in [1.165, 1.54) is 6.07 Å². The fourth-order valence-electron chi connectivity index (χ4n) is 2.60. The number of halogens is 1. The average molecular weight is 317 g/mol. The maximum absolute atomic E-state index is 12.7. The molecule has 0 amide bonds. The molecular weight excluding hydrogens is 296 g/mol. The van der Waals surface area contributed by atoms with Crippen molar-refractivity contribution in [2.75, 3.05) is 18.8 Å². The lowest BCUT2D eigenvalue weighted by molar-refractivity contribution is 0.388. The van der Waals surface area contributed by atoms with Crippen molar-refractivity contribution in [1.82, 2.24) is 4.31 Å². The predicted molar refractivity (Wildman–Crippen MR) is 82.3 cm³/mol. The van der Waals surface area contributed by atoms with Crippen LogP contribution in [0.25, 0.3) is 0 Å². The fourth-order valence-corrected chi connectivity index (χ4v) is 4.68. The second kappa shape index (κ2) is 5.54. The summed E-state index contributed by atoms with van der Waals surface area (Å²) in [5.74, 6) is 0.905. The second-order valence-electron chi connectivity index (χ2n) is 5.77. The topological polar surface area (TPSA) is 63.4 Å². The summed E-state index contributed by atoms with van der Waals surface area (Å²) < 4.78 is 27.0. The molecule has 4 nitrogen and oxygen atoms in total. The third-order valence-electron chi connectivity index (χ3n) is 4.11. The van der Waals surface area contributed by atoms with Crippen LogP contribution in [0, 0.1) is 18.8 Å². The van der Waals surface area contributed by atoms with E-state index in [-0.39, 0.29) is 4.90 Å². The van der Waals surface area contributed by atoms with E-state index in [0.29, 0.717) is 41.2 Å². The standard InChI is InChI=1S/C14H21ClN2O2S/c1-9(2)11-4-5-17(8-11)20(18,19)14-7-12(15)6-13(16)10(14)3/h6-7,9,11H,4-5,8,16H2,1-3H3. The van der Waals surface area contributed by atoms with Crippen LogP contribution in [0.3, 0.4) is 0 Å². The van der Waals surface area contributed by atoms with Crippen molar-refractivity contribution in [2.24, 2.45) is 11.8 Å². The van der Waals surface area contributed by atoms with E-state index in [2.05, 4.69) is 13.8 Å². The first kappa shape index (κ1) is 15.6. The van der Waals surface area contributed by atoms with Gasteiger partial charge in [0.05, 0.1) is 4.90 Å². The maximum atomic E-state index is 12.7. The van der Waals surface area contributed by atoms with Crippen molar-refractivity contribution in [3.8, 4) is 0 Å². The Labute approximate surface area is 126 Å². The number of hydrogen-bond acceptors (Lipinski definition) is 3. The lowest BCUT2D eigenvalue weighted by atomic mass is 9.96. The Morgan fingerprint density at radius 3 is 2.60 bits per heavy atom. The van der Waals surface area contributed by atoms with Gasteiger partial charge in [-0.25, -0.2) is 8.42 Å². The van der Waals surface area contributed by atoms with Crippen LogP contribution in [0.1, 0.15) is 25.8 Å². The second-order valence-corrected chi connectivity index (χ2v) is 8.12. The molecule has 2 N–H and O–H groups in total. The molecule has 1 fully saturated rings. The minimum absolute atomic E-state index is 0.229. The molecule has 1 aromatic carbocycles. The van der Waals surface area contributed by atoms with E-state index in [1.54, 1.807) is 17.3 Å². The Morgan fingerprint density at radius 2 is 2.05 bits per heavy atom. The molecule has 1 atom stereocenters. The molecule has 1 aliphatic heterocycles. The first-order chi connectivity index (χ1) is 9.23. The van der Waals surface area contributed by atoms with Crippen molar-refractivity contribution in [1.29, 1.82) is 0 Å². The van der Waals surface area contributed by atoms with Crippen molar-refractivity contribution < 1.29 is 8.42 Å². The highest BCUT2D eigenvalue weighted by Crippen LogP contribution is 2.32. The number of rotatable bonds is 3. The molecule has 0 aromatic heterocycles. The largest absolute Gasteiger partial charge is 0.398 e. The molecule has 1 heterocycles. The summed E-state index contributed by atoms with van der Waals surface area (Å²) in [6, 6.07) is 3.07. The third kappa shape index (κ3) is 2.80. The number of anilines is 1. The Kier molecular flexibility index (Phi) is 4.33. The fraction of sp³-hybridized carbons (Fsp3) is 0.571. The van der Waals surface area contributed by atoms with Gasteiger partial charge < -0.3 is 5.73 Å². The molecule has 0 spiro atoms. The monoisotopic (exact) mass is 316 g/mol. The highest BCUT2D eigenvalue weighted by Gasteiger charge is 2.34. The van der Waals surface area contributed by atoms with Crippen molar-refractivity contribution in [3.05, 3.63) is 22.7 Å². The summed E-state index contributed by atoms with van der Waals surface area (Å²) in [5.41, 5.74) is 6.81. The van der Waals surface area contributed by atoms with Gasteiger partial charge >= 0.3 is 0 Å². The first-order valence-corrected chi connectivity index (χ1v) is 8.61. The van der Waals surface area contributed by atoms with E-state index < -0.39 is 10.0 Å². The summed E-state index contributed by atoms with van der Waals surface area (Å²) in [6.45, 7) is 7.12. The number of nitrogens with two attached hydrogens (primary N) is 1. The van der Waals surface area contributed by atoms with E-state index in [4.69, 9.17) is 17.3 Å². The molecule has 1 aromatic rings. The Bertz CT molecular complexity index is 614. The van der Waals surface area contributed by atoms with Crippen LogP contribution in [0.4, 0.5) is 5.69 Å². The van der Waals surface area contributed by atoms with Crippen LogP contribution in [0.15, 0.2) is 17.0 Å². The number of benzene rings is 1. The van der Waals surface area contributed by atoms with Crippen LogP contribution < -0.4 is 5.73 Å². The van der Waals surface area contributed by atoms with Gasteiger partial charge in [-0.15, -0.1) is 0 Å². The summed E-state index contributed by atoms with van der Waals surface area (Å²) in [4.78, 5) is 0.229. The van der Waals surface area contributed by atoms with Gasteiger partial charge in [0.1, 0.15) is 0 Å². The molecule has 0 saturated carbocycles. The Hall–Kier alpha value is -0.780. The zero-order chi connectivity index (χ0) is 15.1. The number of sulfonamides is 1. The smallest absolute Gasteiger partial charge is 0.243 e. The van der Waals surface area contributed by atoms with Gasteiger partial charge in [0, 0.05) is 23.8 Å². The molecule has 1 saturated heterocycles. The quantitative estimate of drug-likeness (QED) is 0.872. The summed E-state index contributed by atoms with van der Waals surface area (Å²) in [5, 5.41) is 0.353. The number of hydrogen-bond donors (Lipinski definition) is 1. The molecule has 2 rings (SSSR count). The normalized spacial score (nSPS) is 20.8. The summed E-state index contributed by atoms with van der Waals surface area (Å²) in [7, 11) is -3.51. The van der Waals surface area contributed by atoms with Gasteiger partial charge in [0.2, 0.25) is 10.0 Å². The predicted octanol–water partition coefficient (Wildman–Crippen LogP) is 2.90. The minimum Gasteiger partial charge on any atom is -0.398 e. The lowest BCUT2D eigenvalue weighted by Gasteiger charge is -2.20. The molecule has 1 unspecified atom stereocenters. The molecule has 0 radical (unpaired) electrons. The SMILES string of the molecule is Cc1c(N)cc(Cl)cc1S(=O)(=O)N1CCC(C(C)C)C1. The lowest BCUT2D eigenvalue weighted by Crippen LogP contribution is -2.30. The molecular formula is C14H21ClN2O2S. The van der Waals surface area contributed by atoms with Gasteiger partial charge in [-0.3, -0.25) is 0 Å².